The molecule has 2 N–H and O–H groups in total. The highest BCUT2D eigenvalue weighted by Crippen LogP contribution is 1.87. The molecule has 0 radical (unpaired) electrons. The van der Waals surface area contributed by atoms with E-state index in [0.29, 0.717) is 0 Å². The summed E-state index contributed by atoms with van der Waals surface area (Å²) >= 11 is 0. The maximum Gasteiger partial charge on any atom is 0.236 e. The van der Waals surface area contributed by atoms with Gasteiger partial charge in [0.15, 0.2) is 0 Å². The normalized spacial score (nSPS) is 12.8. The summed E-state index contributed by atoms with van der Waals surface area (Å²) < 4.78 is 0. The summed E-state index contributed by atoms with van der Waals surface area (Å²) in [5.74, 6) is 0.110. The van der Waals surface area contributed by atoms with Crippen LogP contribution >= 0.6 is 0 Å². The minimum atomic E-state index is -0.0842. The quantitative estimate of drug-likeness (QED) is 0.576. The van der Waals surface area contributed by atoms with E-state index in [4.69, 9.17) is 0 Å². The molecular formula is C12H27N3O. The number of hydrogen-bond donors (Lipinski definition) is 2. The van der Waals surface area contributed by atoms with Crippen molar-refractivity contribution >= 4 is 5.91 Å². The number of rotatable bonds is 9. The van der Waals surface area contributed by atoms with Gasteiger partial charge in [0.05, 0.1) is 6.04 Å². The molecule has 0 aromatic heterocycles. The van der Waals surface area contributed by atoms with Gasteiger partial charge >= 0.3 is 0 Å². The molecule has 0 aliphatic carbocycles. The summed E-state index contributed by atoms with van der Waals surface area (Å²) in [5, 5.41) is 6.15. The Hall–Kier alpha value is -0.610. The molecular weight excluding hydrogens is 202 g/mol. The molecule has 4 heteroatoms. The average molecular weight is 229 g/mol. The highest BCUT2D eigenvalue weighted by atomic mass is 16.2. The van der Waals surface area contributed by atoms with Crippen LogP contribution in [0, 0.1) is 0 Å². The molecule has 1 atom stereocenters. The average Bonchev–Trinajstić information content (AvgIpc) is 2.24. The van der Waals surface area contributed by atoms with E-state index in [1.54, 1.807) is 0 Å². The Morgan fingerprint density at radius 3 is 2.50 bits per heavy atom. The fourth-order valence-corrected chi connectivity index (χ4v) is 1.35. The lowest BCUT2D eigenvalue weighted by Crippen LogP contribution is -2.43. The smallest absolute Gasteiger partial charge is 0.236 e. The second-order valence-electron chi connectivity index (χ2n) is 4.48. The third-order valence-corrected chi connectivity index (χ3v) is 2.46. The van der Waals surface area contributed by atoms with E-state index < -0.39 is 0 Å². The van der Waals surface area contributed by atoms with Gasteiger partial charge in [-0.15, -0.1) is 0 Å². The Labute approximate surface area is 99.8 Å². The van der Waals surface area contributed by atoms with Crippen molar-refractivity contribution in [2.75, 3.05) is 33.7 Å². The molecule has 0 bridgehead atoms. The molecule has 0 rings (SSSR count). The lowest BCUT2D eigenvalue weighted by molar-refractivity contribution is -0.122. The van der Waals surface area contributed by atoms with Crippen LogP contribution in [-0.2, 0) is 4.79 Å². The molecule has 1 amide bonds. The van der Waals surface area contributed by atoms with Gasteiger partial charge in [0.2, 0.25) is 5.91 Å². The molecule has 0 aliphatic rings. The van der Waals surface area contributed by atoms with E-state index in [9.17, 15) is 4.79 Å². The first-order valence-electron chi connectivity index (χ1n) is 6.23. The van der Waals surface area contributed by atoms with E-state index >= 15 is 0 Å². The molecule has 0 spiro atoms. The summed E-state index contributed by atoms with van der Waals surface area (Å²) in [4.78, 5) is 13.7. The number of hydrogen-bond acceptors (Lipinski definition) is 3. The zero-order valence-electron chi connectivity index (χ0n) is 11.2. The molecule has 96 valence electrons. The van der Waals surface area contributed by atoms with Gasteiger partial charge in [0.25, 0.3) is 0 Å². The highest BCUT2D eigenvalue weighted by Gasteiger charge is 2.10. The van der Waals surface area contributed by atoms with E-state index in [-0.39, 0.29) is 11.9 Å². The van der Waals surface area contributed by atoms with Crippen LogP contribution in [0.3, 0.4) is 0 Å². The van der Waals surface area contributed by atoms with Crippen molar-refractivity contribution in [2.24, 2.45) is 0 Å². The fourth-order valence-electron chi connectivity index (χ4n) is 1.35. The summed E-state index contributed by atoms with van der Waals surface area (Å²) in [6.07, 6.45) is 3.24. The SMILES string of the molecule is CCCCNC(=O)C(C)NCCCN(C)C. The van der Waals surface area contributed by atoms with Crippen molar-refractivity contribution in [3.05, 3.63) is 0 Å². The topological polar surface area (TPSA) is 44.4 Å². The Balaban J connectivity index is 3.47. The molecule has 16 heavy (non-hydrogen) atoms. The van der Waals surface area contributed by atoms with Crippen LogP contribution < -0.4 is 10.6 Å². The van der Waals surface area contributed by atoms with Crippen molar-refractivity contribution in [3.63, 3.8) is 0 Å². The van der Waals surface area contributed by atoms with E-state index in [1.807, 2.05) is 6.92 Å². The Morgan fingerprint density at radius 2 is 1.94 bits per heavy atom. The van der Waals surface area contributed by atoms with Crippen LogP contribution in [0.25, 0.3) is 0 Å². The van der Waals surface area contributed by atoms with Crippen molar-refractivity contribution in [3.8, 4) is 0 Å². The number of nitrogens with zero attached hydrogens (tertiary/aromatic N) is 1. The van der Waals surface area contributed by atoms with Gasteiger partial charge < -0.3 is 15.5 Å². The van der Waals surface area contributed by atoms with Crippen LogP contribution in [0.2, 0.25) is 0 Å². The Morgan fingerprint density at radius 1 is 1.25 bits per heavy atom. The van der Waals surface area contributed by atoms with E-state index in [1.165, 1.54) is 0 Å². The van der Waals surface area contributed by atoms with Crippen LogP contribution in [0.5, 0.6) is 0 Å². The summed E-state index contributed by atoms with van der Waals surface area (Å²) in [7, 11) is 4.11. The molecule has 0 saturated heterocycles. The van der Waals surface area contributed by atoms with Gasteiger partial charge in [-0.25, -0.2) is 0 Å². The lowest BCUT2D eigenvalue weighted by atomic mass is 10.2. The predicted molar refractivity (Wildman–Crippen MR) is 68.6 cm³/mol. The van der Waals surface area contributed by atoms with Gasteiger partial charge in [0, 0.05) is 6.54 Å². The number of nitrogens with one attached hydrogen (secondary N) is 2. The van der Waals surface area contributed by atoms with Crippen molar-refractivity contribution in [1.82, 2.24) is 15.5 Å². The molecule has 1 unspecified atom stereocenters. The Bertz CT molecular complexity index is 183. The van der Waals surface area contributed by atoms with Gasteiger partial charge in [-0.1, -0.05) is 13.3 Å². The van der Waals surface area contributed by atoms with E-state index in [0.717, 1.165) is 38.9 Å². The molecule has 0 aromatic rings. The lowest BCUT2D eigenvalue weighted by Gasteiger charge is -2.15. The van der Waals surface area contributed by atoms with Gasteiger partial charge in [0.1, 0.15) is 0 Å². The third kappa shape index (κ3) is 8.68. The second-order valence-corrected chi connectivity index (χ2v) is 4.48. The largest absolute Gasteiger partial charge is 0.355 e. The minimum absolute atomic E-state index is 0.0842. The molecule has 0 aromatic carbocycles. The molecule has 0 aliphatic heterocycles. The van der Waals surface area contributed by atoms with Crippen LogP contribution in [0.1, 0.15) is 33.1 Å². The maximum atomic E-state index is 11.6. The van der Waals surface area contributed by atoms with Crippen molar-refractivity contribution in [2.45, 2.75) is 39.2 Å². The van der Waals surface area contributed by atoms with Gasteiger partial charge in [-0.05, 0) is 47.0 Å². The van der Waals surface area contributed by atoms with Gasteiger partial charge in [-0.3, -0.25) is 4.79 Å². The fraction of sp³-hybridized carbons (Fsp3) is 0.917. The first kappa shape index (κ1) is 15.4. The number of amides is 1. The number of unbranched alkanes of at least 4 members (excludes halogenated alkanes) is 1. The Kier molecular flexibility index (Phi) is 9.24. The van der Waals surface area contributed by atoms with Crippen molar-refractivity contribution in [1.29, 1.82) is 0 Å². The maximum absolute atomic E-state index is 11.6. The van der Waals surface area contributed by atoms with E-state index in [2.05, 4.69) is 36.6 Å². The first-order chi connectivity index (χ1) is 7.57. The monoisotopic (exact) mass is 229 g/mol. The highest BCUT2D eigenvalue weighted by molar-refractivity contribution is 5.81. The van der Waals surface area contributed by atoms with Gasteiger partial charge in [-0.2, -0.15) is 0 Å². The summed E-state index contributed by atoms with van der Waals surface area (Å²) in [5.41, 5.74) is 0. The number of carbonyl (C=O) groups is 1. The zero-order chi connectivity index (χ0) is 12.4. The zero-order valence-corrected chi connectivity index (χ0v) is 11.2. The summed E-state index contributed by atoms with van der Waals surface area (Å²) in [6, 6.07) is -0.0842. The second kappa shape index (κ2) is 9.60. The predicted octanol–water partition coefficient (Wildman–Crippen LogP) is 0.833. The minimum Gasteiger partial charge on any atom is -0.355 e. The standard InChI is InChI=1S/C12H27N3O/c1-5-6-8-14-12(16)11(2)13-9-7-10-15(3)4/h11,13H,5-10H2,1-4H3,(H,14,16). The molecule has 0 fully saturated rings. The summed E-state index contributed by atoms with van der Waals surface area (Å²) in [6.45, 7) is 6.77. The first-order valence-corrected chi connectivity index (χ1v) is 6.23. The number of carbonyl (C=O) groups excluding carboxylic acids is 1. The molecule has 4 nitrogen and oxygen atoms in total. The van der Waals surface area contributed by atoms with Crippen LogP contribution in [0.15, 0.2) is 0 Å². The van der Waals surface area contributed by atoms with Crippen LogP contribution in [0.4, 0.5) is 0 Å². The van der Waals surface area contributed by atoms with Crippen LogP contribution in [-0.4, -0.2) is 50.6 Å². The third-order valence-electron chi connectivity index (χ3n) is 2.46. The molecule has 0 heterocycles. The van der Waals surface area contributed by atoms with Crippen molar-refractivity contribution < 1.29 is 4.79 Å². The molecule has 0 saturated carbocycles.